The van der Waals surface area contributed by atoms with E-state index in [2.05, 4.69) is 32.6 Å². The Hall–Kier alpha value is -1.98. The summed E-state index contributed by atoms with van der Waals surface area (Å²) in [4.78, 5) is 25.0. The van der Waals surface area contributed by atoms with Crippen LogP contribution >= 0.6 is 0 Å². The first kappa shape index (κ1) is 27.6. The molecular weight excluding hydrogens is 440 g/mol. The summed E-state index contributed by atoms with van der Waals surface area (Å²) < 4.78 is 5.08. The van der Waals surface area contributed by atoms with Gasteiger partial charge in [-0.15, -0.1) is 0 Å². The van der Waals surface area contributed by atoms with Crippen LogP contribution in [0.5, 0.6) is 0 Å². The number of hydrogen-bond donors (Lipinski definition) is 2. The molecule has 0 spiro atoms. The molecule has 194 valence electrons. The van der Waals surface area contributed by atoms with Crippen LogP contribution in [0.1, 0.15) is 79.6 Å². The first-order valence-corrected chi connectivity index (χ1v) is 13.3. The third-order valence-electron chi connectivity index (χ3n) is 8.89. The summed E-state index contributed by atoms with van der Waals surface area (Å²) in [5.41, 5.74) is 2.11. The van der Waals surface area contributed by atoms with Gasteiger partial charge in [-0.25, -0.2) is 0 Å². The van der Waals surface area contributed by atoms with Gasteiger partial charge >= 0.3 is 5.97 Å². The van der Waals surface area contributed by atoms with E-state index in [4.69, 9.17) is 4.74 Å². The molecular formula is C30H44O5. The van der Waals surface area contributed by atoms with Crippen molar-refractivity contribution in [3.63, 3.8) is 0 Å². The number of aliphatic hydroxyl groups is 2. The van der Waals surface area contributed by atoms with E-state index in [-0.39, 0.29) is 23.7 Å². The van der Waals surface area contributed by atoms with Gasteiger partial charge in [0.25, 0.3) is 0 Å². The van der Waals surface area contributed by atoms with Crippen LogP contribution in [-0.4, -0.2) is 40.8 Å². The lowest BCUT2D eigenvalue weighted by Gasteiger charge is -2.44. The second kappa shape index (κ2) is 11.0. The molecule has 0 aromatic rings. The quantitative estimate of drug-likeness (QED) is 0.284. The van der Waals surface area contributed by atoms with Crippen LogP contribution in [0.2, 0.25) is 0 Å². The van der Waals surface area contributed by atoms with E-state index in [9.17, 15) is 19.8 Å². The van der Waals surface area contributed by atoms with Gasteiger partial charge in [0.05, 0.1) is 18.8 Å². The average Bonchev–Trinajstić information content (AvgIpc) is 3.16. The maximum Gasteiger partial charge on any atom is 0.319 e. The Bertz CT molecular complexity index is 923. The minimum atomic E-state index is -1.17. The molecule has 0 unspecified atom stereocenters. The molecule has 3 fully saturated rings. The number of carbonyl (C=O) groups is 2. The third-order valence-corrected chi connectivity index (χ3v) is 8.89. The number of esters is 1. The summed E-state index contributed by atoms with van der Waals surface area (Å²) in [6, 6.07) is 0. The van der Waals surface area contributed by atoms with Crippen LogP contribution in [0, 0.1) is 28.6 Å². The fraction of sp³-hybridized carbons (Fsp3) is 0.667. The van der Waals surface area contributed by atoms with Crippen molar-refractivity contribution >= 4 is 11.8 Å². The molecule has 0 saturated heterocycles. The largest absolute Gasteiger partial charge is 0.465 e. The van der Waals surface area contributed by atoms with E-state index < -0.39 is 23.6 Å². The Kier molecular flexibility index (Phi) is 8.64. The summed E-state index contributed by atoms with van der Waals surface area (Å²) in [6.07, 6.45) is 13.2. The lowest BCUT2D eigenvalue weighted by atomic mass is 9.61. The predicted molar refractivity (Wildman–Crippen MR) is 138 cm³/mol. The molecule has 3 aliphatic carbocycles. The Morgan fingerprint density at radius 1 is 1.26 bits per heavy atom. The second-order valence-electron chi connectivity index (χ2n) is 11.6. The van der Waals surface area contributed by atoms with Gasteiger partial charge < -0.3 is 14.9 Å². The standard InChI is InChI=1S/C30H44O5/c1-7-35-28(34)29(4,5)27(33)15-10-19(2)24-13-14-25-21(9-8-16-30(24,25)6)11-12-22-17-23(31)18-26(32)20(22)3/h10-12,15,19,23-26,31-32H,3,7-9,13-14,16-18H2,1-2,4-6H3/b15-10+,21-11+,22-12-/t19-,23-,24-,25+,26+,30-/m1/s1. The zero-order valence-corrected chi connectivity index (χ0v) is 22.2. The Morgan fingerprint density at radius 2 is 1.97 bits per heavy atom. The fourth-order valence-corrected chi connectivity index (χ4v) is 6.60. The number of allylic oxidation sites excluding steroid dienone is 5. The zero-order chi connectivity index (χ0) is 26.0. The van der Waals surface area contributed by atoms with Crippen molar-refractivity contribution in [3.05, 3.63) is 47.6 Å². The minimum absolute atomic E-state index is 0.161. The first-order valence-electron chi connectivity index (χ1n) is 13.3. The second-order valence-corrected chi connectivity index (χ2v) is 11.6. The van der Waals surface area contributed by atoms with Gasteiger partial charge in [-0.2, -0.15) is 0 Å². The van der Waals surface area contributed by atoms with Crippen molar-refractivity contribution in [3.8, 4) is 0 Å². The molecule has 35 heavy (non-hydrogen) atoms. The van der Waals surface area contributed by atoms with Crippen LogP contribution in [0.4, 0.5) is 0 Å². The highest BCUT2D eigenvalue weighted by Gasteiger charge is 2.50. The maximum absolute atomic E-state index is 12.8. The van der Waals surface area contributed by atoms with E-state index in [0.29, 0.717) is 24.7 Å². The summed E-state index contributed by atoms with van der Waals surface area (Å²) >= 11 is 0. The first-order chi connectivity index (χ1) is 16.4. The molecule has 5 nitrogen and oxygen atoms in total. The van der Waals surface area contributed by atoms with E-state index >= 15 is 0 Å². The van der Waals surface area contributed by atoms with Crippen molar-refractivity contribution in [1.82, 2.24) is 0 Å². The summed E-state index contributed by atoms with van der Waals surface area (Å²) in [5, 5.41) is 20.2. The molecule has 2 N–H and O–H groups in total. The number of ketones is 1. The summed E-state index contributed by atoms with van der Waals surface area (Å²) in [5.74, 6) is 0.495. The zero-order valence-electron chi connectivity index (χ0n) is 22.2. The molecule has 3 saturated carbocycles. The highest BCUT2D eigenvalue weighted by Crippen LogP contribution is 2.59. The number of ether oxygens (including phenoxy) is 1. The van der Waals surface area contributed by atoms with Gasteiger partial charge in [-0.3, -0.25) is 9.59 Å². The fourth-order valence-electron chi connectivity index (χ4n) is 6.60. The Morgan fingerprint density at radius 3 is 2.66 bits per heavy atom. The molecule has 0 aromatic carbocycles. The highest BCUT2D eigenvalue weighted by atomic mass is 16.5. The summed E-state index contributed by atoms with van der Waals surface area (Å²) in [7, 11) is 0. The normalized spacial score (nSPS) is 34.9. The molecule has 0 amide bonds. The van der Waals surface area contributed by atoms with Gasteiger partial charge in [0.2, 0.25) is 0 Å². The van der Waals surface area contributed by atoms with E-state index in [1.54, 1.807) is 26.8 Å². The smallest absolute Gasteiger partial charge is 0.319 e. The monoisotopic (exact) mass is 484 g/mol. The lowest BCUT2D eigenvalue weighted by molar-refractivity contribution is -0.156. The number of hydrogen-bond acceptors (Lipinski definition) is 5. The number of aliphatic hydroxyl groups excluding tert-OH is 2. The Labute approximate surface area is 211 Å². The Balaban J connectivity index is 1.74. The van der Waals surface area contributed by atoms with Crippen molar-refractivity contribution in [2.75, 3.05) is 6.61 Å². The van der Waals surface area contributed by atoms with E-state index in [1.807, 2.05) is 6.08 Å². The third kappa shape index (κ3) is 5.72. The van der Waals surface area contributed by atoms with Gasteiger partial charge in [0.1, 0.15) is 5.41 Å². The predicted octanol–water partition coefficient (Wildman–Crippen LogP) is 5.48. The van der Waals surface area contributed by atoms with E-state index in [1.165, 1.54) is 12.0 Å². The van der Waals surface area contributed by atoms with Crippen LogP contribution in [0.25, 0.3) is 0 Å². The molecule has 5 heteroatoms. The number of fused-ring (bicyclic) bond motifs is 1. The van der Waals surface area contributed by atoms with Crippen molar-refractivity contribution < 1.29 is 24.5 Å². The lowest BCUT2D eigenvalue weighted by Crippen LogP contribution is -2.36. The van der Waals surface area contributed by atoms with Crippen LogP contribution in [0.3, 0.4) is 0 Å². The molecule has 6 atom stereocenters. The molecule has 3 rings (SSSR count). The van der Waals surface area contributed by atoms with Gasteiger partial charge in [0.15, 0.2) is 5.78 Å². The van der Waals surface area contributed by atoms with E-state index in [0.717, 1.165) is 36.8 Å². The molecule has 0 aromatic heterocycles. The maximum atomic E-state index is 12.8. The average molecular weight is 485 g/mol. The minimum Gasteiger partial charge on any atom is -0.465 e. The molecule has 0 radical (unpaired) electrons. The van der Waals surface area contributed by atoms with Gasteiger partial charge in [0, 0.05) is 6.42 Å². The molecule has 0 bridgehead atoms. The summed E-state index contributed by atoms with van der Waals surface area (Å²) in [6.45, 7) is 13.9. The van der Waals surface area contributed by atoms with Gasteiger partial charge in [-0.1, -0.05) is 44.2 Å². The van der Waals surface area contributed by atoms with Crippen molar-refractivity contribution in [1.29, 1.82) is 0 Å². The molecule has 0 heterocycles. The van der Waals surface area contributed by atoms with Crippen LogP contribution < -0.4 is 0 Å². The van der Waals surface area contributed by atoms with Crippen molar-refractivity contribution in [2.45, 2.75) is 91.8 Å². The van der Waals surface area contributed by atoms with Crippen LogP contribution in [-0.2, 0) is 14.3 Å². The number of rotatable bonds is 7. The topological polar surface area (TPSA) is 83.8 Å². The molecule has 0 aliphatic heterocycles. The highest BCUT2D eigenvalue weighted by molar-refractivity contribution is 6.08. The van der Waals surface area contributed by atoms with Crippen LogP contribution in [0.15, 0.2) is 47.6 Å². The van der Waals surface area contributed by atoms with Gasteiger partial charge in [-0.05, 0) is 99.7 Å². The van der Waals surface area contributed by atoms with Crippen molar-refractivity contribution in [2.24, 2.45) is 28.6 Å². The molecule has 3 aliphatic rings. The number of carbonyl (C=O) groups excluding carboxylic acids is 2. The SMILES string of the molecule is C=C1/C(=C\C=C2/CCC[C@]3(C)[C@@H]([C@H](C)/C=C/C(=O)C(C)(C)C(=O)OCC)CC[C@@H]23)C[C@@H](O)C[C@@H]1O.